The molecule has 0 aliphatic rings. The third-order valence-corrected chi connectivity index (χ3v) is 2.37. The normalized spacial score (nSPS) is 10.6. The smallest absolute Gasteiger partial charge is 0.251 e. The molecule has 1 amide bonds. The summed E-state index contributed by atoms with van der Waals surface area (Å²) in [7, 11) is 2.97. The molecule has 0 fully saturated rings. The number of carbonyl (C=O) groups excluding carboxylic acids is 1. The second-order valence-electron chi connectivity index (χ2n) is 3.11. The predicted molar refractivity (Wildman–Crippen MR) is 64.4 cm³/mol. The van der Waals surface area contributed by atoms with Crippen LogP contribution >= 0.6 is 23.2 Å². The number of nitrogens with zero attached hydrogens (tertiary/aromatic N) is 1. The maximum Gasteiger partial charge on any atom is 0.251 e. The molecule has 94 valence electrons. The summed E-state index contributed by atoms with van der Waals surface area (Å²) < 4.78 is 9.86. The van der Waals surface area contributed by atoms with Gasteiger partial charge in [0.15, 0.2) is 6.29 Å². The number of carbonyl (C=O) groups is 1. The van der Waals surface area contributed by atoms with Crippen LogP contribution in [0.15, 0.2) is 12.1 Å². The average molecular weight is 279 g/mol. The summed E-state index contributed by atoms with van der Waals surface area (Å²) in [6.45, 7) is 0.226. The van der Waals surface area contributed by atoms with Gasteiger partial charge in [-0.25, -0.2) is 4.98 Å². The Morgan fingerprint density at radius 1 is 1.35 bits per heavy atom. The zero-order valence-corrected chi connectivity index (χ0v) is 10.9. The van der Waals surface area contributed by atoms with E-state index in [1.54, 1.807) is 0 Å². The number of pyridine rings is 1. The Balaban J connectivity index is 2.63. The van der Waals surface area contributed by atoms with Gasteiger partial charge in [0.2, 0.25) is 0 Å². The van der Waals surface area contributed by atoms with Gasteiger partial charge in [-0.3, -0.25) is 4.79 Å². The minimum atomic E-state index is -0.494. The lowest BCUT2D eigenvalue weighted by Gasteiger charge is -2.14. The van der Waals surface area contributed by atoms with Crippen LogP contribution in [0.25, 0.3) is 0 Å². The van der Waals surface area contributed by atoms with Crippen molar-refractivity contribution in [2.45, 2.75) is 6.29 Å². The first-order valence-electron chi connectivity index (χ1n) is 4.73. The summed E-state index contributed by atoms with van der Waals surface area (Å²) in [5.41, 5.74) is 0.334. The average Bonchev–Trinajstić information content (AvgIpc) is 2.28. The van der Waals surface area contributed by atoms with Crippen molar-refractivity contribution in [2.24, 2.45) is 0 Å². The Hall–Kier alpha value is -0.880. The summed E-state index contributed by atoms with van der Waals surface area (Å²) in [5, 5.41) is 2.95. The zero-order chi connectivity index (χ0) is 12.8. The molecular weight excluding hydrogens is 267 g/mol. The molecule has 1 N–H and O–H groups in total. The van der Waals surface area contributed by atoms with Crippen molar-refractivity contribution in [1.82, 2.24) is 10.3 Å². The SMILES string of the molecule is COC(CNC(=O)c1cc(Cl)nc(Cl)c1)OC. The molecule has 0 spiro atoms. The molecule has 1 heterocycles. The molecule has 0 unspecified atom stereocenters. The molecular formula is C10H12Cl2N2O3. The number of methoxy groups -OCH3 is 2. The van der Waals surface area contributed by atoms with Crippen LogP contribution in [-0.4, -0.2) is 37.9 Å². The fourth-order valence-electron chi connectivity index (χ4n) is 1.14. The van der Waals surface area contributed by atoms with Gasteiger partial charge in [0.25, 0.3) is 5.91 Å². The van der Waals surface area contributed by atoms with Gasteiger partial charge in [-0.05, 0) is 12.1 Å². The number of hydrogen-bond donors (Lipinski definition) is 1. The van der Waals surface area contributed by atoms with Crippen molar-refractivity contribution in [3.05, 3.63) is 28.0 Å². The van der Waals surface area contributed by atoms with E-state index in [2.05, 4.69) is 10.3 Å². The number of nitrogens with one attached hydrogen (secondary N) is 1. The van der Waals surface area contributed by atoms with E-state index < -0.39 is 6.29 Å². The Labute approximate surface area is 109 Å². The monoisotopic (exact) mass is 278 g/mol. The van der Waals surface area contributed by atoms with Crippen LogP contribution in [0.3, 0.4) is 0 Å². The van der Waals surface area contributed by atoms with Crippen LogP contribution < -0.4 is 5.32 Å². The topological polar surface area (TPSA) is 60.5 Å². The largest absolute Gasteiger partial charge is 0.354 e. The highest BCUT2D eigenvalue weighted by Crippen LogP contribution is 2.14. The third kappa shape index (κ3) is 4.47. The van der Waals surface area contributed by atoms with E-state index >= 15 is 0 Å². The second-order valence-corrected chi connectivity index (χ2v) is 3.89. The molecule has 0 radical (unpaired) electrons. The lowest BCUT2D eigenvalue weighted by Crippen LogP contribution is -2.34. The standard InChI is InChI=1S/C10H12Cl2N2O3/c1-16-9(17-2)5-13-10(15)6-3-7(11)14-8(12)4-6/h3-4,9H,5H2,1-2H3,(H,13,15). The van der Waals surface area contributed by atoms with E-state index in [-0.39, 0.29) is 22.8 Å². The van der Waals surface area contributed by atoms with Gasteiger partial charge in [0.05, 0.1) is 6.54 Å². The molecule has 0 aliphatic heterocycles. The number of halogens is 2. The highest BCUT2D eigenvalue weighted by Gasteiger charge is 2.11. The maximum absolute atomic E-state index is 11.7. The number of hydrogen-bond acceptors (Lipinski definition) is 4. The molecule has 0 bridgehead atoms. The minimum Gasteiger partial charge on any atom is -0.354 e. The summed E-state index contributed by atoms with van der Waals surface area (Å²) in [6.07, 6.45) is -0.494. The van der Waals surface area contributed by atoms with Crippen molar-refractivity contribution in [1.29, 1.82) is 0 Å². The highest BCUT2D eigenvalue weighted by molar-refractivity contribution is 6.33. The summed E-state index contributed by atoms with van der Waals surface area (Å²) >= 11 is 11.4. The molecule has 1 rings (SSSR count). The first-order valence-corrected chi connectivity index (χ1v) is 5.49. The van der Waals surface area contributed by atoms with Crippen LogP contribution in [-0.2, 0) is 9.47 Å². The first-order chi connectivity index (χ1) is 8.06. The van der Waals surface area contributed by atoms with Gasteiger partial charge in [-0.15, -0.1) is 0 Å². The lowest BCUT2D eigenvalue weighted by molar-refractivity contribution is -0.0974. The van der Waals surface area contributed by atoms with E-state index in [0.29, 0.717) is 5.56 Å². The van der Waals surface area contributed by atoms with Crippen molar-refractivity contribution in [3.8, 4) is 0 Å². The minimum absolute atomic E-state index is 0.165. The lowest BCUT2D eigenvalue weighted by atomic mass is 10.2. The van der Waals surface area contributed by atoms with Crippen LogP contribution in [0.2, 0.25) is 10.3 Å². The molecule has 0 saturated carbocycles. The fourth-order valence-corrected chi connectivity index (χ4v) is 1.60. The van der Waals surface area contributed by atoms with Crippen molar-refractivity contribution >= 4 is 29.1 Å². The van der Waals surface area contributed by atoms with Crippen molar-refractivity contribution in [2.75, 3.05) is 20.8 Å². The molecule has 0 aromatic carbocycles. The molecule has 1 aromatic rings. The molecule has 0 aliphatic carbocycles. The first kappa shape index (κ1) is 14.2. The van der Waals surface area contributed by atoms with E-state index in [0.717, 1.165) is 0 Å². The zero-order valence-electron chi connectivity index (χ0n) is 9.37. The van der Waals surface area contributed by atoms with Crippen LogP contribution in [0, 0.1) is 0 Å². The summed E-state index contributed by atoms with van der Waals surface area (Å²) in [5.74, 6) is -0.324. The molecule has 0 saturated heterocycles. The summed E-state index contributed by atoms with van der Waals surface area (Å²) in [4.78, 5) is 15.5. The van der Waals surface area contributed by atoms with Gasteiger partial charge in [-0.2, -0.15) is 0 Å². The molecule has 7 heteroatoms. The van der Waals surface area contributed by atoms with Gasteiger partial charge in [0, 0.05) is 19.8 Å². The number of rotatable bonds is 5. The van der Waals surface area contributed by atoms with Gasteiger partial charge in [-0.1, -0.05) is 23.2 Å². The number of aromatic nitrogens is 1. The maximum atomic E-state index is 11.7. The van der Waals surface area contributed by atoms with Crippen molar-refractivity contribution in [3.63, 3.8) is 0 Å². The van der Waals surface area contributed by atoms with E-state index in [9.17, 15) is 4.79 Å². The van der Waals surface area contributed by atoms with Gasteiger partial charge < -0.3 is 14.8 Å². The third-order valence-electron chi connectivity index (χ3n) is 1.98. The highest BCUT2D eigenvalue weighted by atomic mass is 35.5. The van der Waals surface area contributed by atoms with E-state index in [1.807, 2.05) is 0 Å². The molecule has 0 atom stereocenters. The molecule has 1 aromatic heterocycles. The Kier molecular flexibility index (Phi) is 5.64. The van der Waals surface area contributed by atoms with E-state index in [1.165, 1.54) is 26.4 Å². The molecule has 5 nitrogen and oxygen atoms in total. The van der Waals surface area contributed by atoms with Crippen LogP contribution in [0.1, 0.15) is 10.4 Å². The van der Waals surface area contributed by atoms with Crippen LogP contribution in [0.4, 0.5) is 0 Å². The Bertz CT molecular complexity index is 377. The summed E-state index contributed by atoms with van der Waals surface area (Å²) in [6, 6.07) is 2.86. The van der Waals surface area contributed by atoms with Gasteiger partial charge >= 0.3 is 0 Å². The fraction of sp³-hybridized carbons (Fsp3) is 0.400. The van der Waals surface area contributed by atoms with Crippen LogP contribution in [0.5, 0.6) is 0 Å². The predicted octanol–water partition coefficient (Wildman–Crippen LogP) is 1.74. The van der Waals surface area contributed by atoms with Gasteiger partial charge in [0.1, 0.15) is 10.3 Å². The quantitative estimate of drug-likeness (QED) is 0.658. The van der Waals surface area contributed by atoms with E-state index in [4.69, 9.17) is 32.7 Å². The van der Waals surface area contributed by atoms with Crippen molar-refractivity contribution < 1.29 is 14.3 Å². The Morgan fingerprint density at radius 3 is 2.35 bits per heavy atom. The Morgan fingerprint density at radius 2 is 1.88 bits per heavy atom. The molecule has 17 heavy (non-hydrogen) atoms. The second kappa shape index (κ2) is 6.76. The number of amides is 1. The number of ether oxygens (including phenoxy) is 2.